The molecule has 2 heterocycles. The largest absolute Gasteiger partial charge is 0.478 e. The summed E-state index contributed by atoms with van der Waals surface area (Å²) in [6, 6.07) is 27.1. The minimum Gasteiger partial charge on any atom is -0.478 e. The van der Waals surface area contributed by atoms with Crippen molar-refractivity contribution in [2.45, 2.75) is 52.4 Å². The summed E-state index contributed by atoms with van der Waals surface area (Å²) in [6.07, 6.45) is 3.96. The lowest BCUT2D eigenvalue weighted by atomic mass is 9.68. The van der Waals surface area contributed by atoms with Crippen LogP contribution in [0.5, 0.6) is 23.8 Å². The van der Waals surface area contributed by atoms with Crippen LogP contribution >= 0.6 is 0 Å². The van der Waals surface area contributed by atoms with Gasteiger partial charge >= 0.3 is 12.0 Å². The van der Waals surface area contributed by atoms with E-state index in [0.717, 1.165) is 12.1 Å². The average Bonchev–Trinajstić information content (AvgIpc) is 2.96. The minimum atomic E-state index is 0.364. The first-order valence-electron chi connectivity index (χ1n) is 14.0. The van der Waals surface area contributed by atoms with Gasteiger partial charge in [0, 0.05) is 24.2 Å². The Labute approximate surface area is 237 Å². The highest BCUT2D eigenvalue weighted by atomic mass is 16.5. The smallest absolute Gasteiger partial charge is 0.319 e. The molecule has 0 bridgehead atoms. The summed E-state index contributed by atoms with van der Waals surface area (Å²) in [5.74, 6) is 2.11. The highest BCUT2D eigenvalue weighted by molar-refractivity contribution is 5.31. The van der Waals surface area contributed by atoms with Crippen LogP contribution in [0, 0.1) is 0 Å². The normalized spacial score (nSPS) is 15.2. The molecule has 1 aliphatic carbocycles. The summed E-state index contributed by atoms with van der Waals surface area (Å²) in [6.45, 7) is 10.00. The lowest BCUT2D eigenvalue weighted by molar-refractivity contribution is 0.279. The highest BCUT2D eigenvalue weighted by Gasteiger charge is 2.35. The van der Waals surface area contributed by atoms with Gasteiger partial charge in [0.05, 0.1) is 32.1 Å². The molecule has 4 aromatic rings. The van der Waals surface area contributed by atoms with E-state index in [1.807, 2.05) is 70.2 Å². The van der Waals surface area contributed by atoms with Gasteiger partial charge in [-0.15, -0.1) is 0 Å². The number of rotatable bonds is 10. The fourth-order valence-corrected chi connectivity index (χ4v) is 4.12. The maximum atomic E-state index is 5.56. The first-order valence-corrected chi connectivity index (χ1v) is 14.0. The Morgan fingerprint density at radius 3 is 1.68 bits per heavy atom. The highest BCUT2D eigenvalue weighted by Crippen LogP contribution is 2.49. The van der Waals surface area contributed by atoms with Gasteiger partial charge in [0.15, 0.2) is 0 Å². The number of benzene rings is 2. The number of aromatic nitrogens is 4. The Bertz CT molecular complexity index is 1160. The van der Waals surface area contributed by atoms with E-state index in [-0.39, 0.29) is 0 Å². The van der Waals surface area contributed by atoms with E-state index in [0.29, 0.717) is 62.0 Å². The van der Waals surface area contributed by atoms with Gasteiger partial charge in [-0.25, -0.2) is 4.98 Å². The first kappa shape index (κ1) is 30.3. The average molecular weight is 545 g/mol. The van der Waals surface area contributed by atoms with Gasteiger partial charge < -0.3 is 18.9 Å². The molecule has 8 heteroatoms. The predicted octanol–water partition coefficient (Wildman–Crippen LogP) is 6.90. The zero-order valence-electron chi connectivity index (χ0n) is 23.9. The summed E-state index contributed by atoms with van der Waals surface area (Å²) in [5, 5.41) is 0. The molecule has 0 N–H and O–H groups in total. The third kappa shape index (κ3) is 9.84. The molecule has 0 spiro atoms. The maximum Gasteiger partial charge on any atom is 0.319 e. The molecule has 0 aliphatic heterocycles. The zero-order chi connectivity index (χ0) is 28.4. The van der Waals surface area contributed by atoms with E-state index in [4.69, 9.17) is 18.9 Å². The van der Waals surface area contributed by atoms with Crippen molar-refractivity contribution in [3.05, 3.63) is 96.3 Å². The van der Waals surface area contributed by atoms with E-state index in [9.17, 15) is 0 Å². The monoisotopic (exact) mass is 544 g/mol. The van der Waals surface area contributed by atoms with E-state index >= 15 is 0 Å². The Morgan fingerprint density at radius 1 is 0.575 bits per heavy atom. The van der Waals surface area contributed by atoms with Crippen LogP contribution in [0.15, 0.2) is 85.1 Å². The third-order valence-electron chi connectivity index (χ3n) is 5.99. The quantitative estimate of drug-likeness (QED) is 0.213. The van der Waals surface area contributed by atoms with Crippen LogP contribution in [0.4, 0.5) is 0 Å². The van der Waals surface area contributed by atoms with Crippen molar-refractivity contribution in [1.29, 1.82) is 0 Å². The Morgan fingerprint density at radius 2 is 1.10 bits per heavy atom. The molecular weight excluding hydrogens is 504 g/mol. The van der Waals surface area contributed by atoms with Crippen molar-refractivity contribution in [3.8, 4) is 23.8 Å². The van der Waals surface area contributed by atoms with Crippen LogP contribution in [0.1, 0.15) is 63.6 Å². The van der Waals surface area contributed by atoms with Gasteiger partial charge in [-0.1, -0.05) is 66.7 Å². The number of hydrogen-bond donors (Lipinski definition) is 0. The molecule has 0 radical (unpaired) electrons. The van der Waals surface area contributed by atoms with E-state index < -0.39 is 0 Å². The third-order valence-corrected chi connectivity index (χ3v) is 5.99. The summed E-state index contributed by atoms with van der Waals surface area (Å²) in [7, 11) is 0. The van der Waals surface area contributed by atoms with Gasteiger partial charge in [0.25, 0.3) is 0 Å². The molecule has 1 saturated carbocycles. The minimum absolute atomic E-state index is 0.364. The lowest BCUT2D eigenvalue weighted by Gasteiger charge is -2.36. The molecule has 2 aromatic carbocycles. The summed E-state index contributed by atoms with van der Waals surface area (Å²) < 4.78 is 21.3. The summed E-state index contributed by atoms with van der Waals surface area (Å²) in [4.78, 5) is 16.8. The molecular formula is C32H40N4O4. The van der Waals surface area contributed by atoms with E-state index in [1.54, 1.807) is 12.3 Å². The molecule has 0 unspecified atom stereocenters. The number of hydrogen-bond acceptors (Lipinski definition) is 8. The zero-order valence-corrected chi connectivity index (χ0v) is 23.9. The Kier molecular flexibility index (Phi) is 13.2. The number of nitrogens with zero attached hydrogens (tertiary/aromatic N) is 4. The number of ether oxygens (including phenoxy) is 4. The second-order valence-corrected chi connectivity index (χ2v) is 8.68. The van der Waals surface area contributed by atoms with Crippen molar-refractivity contribution in [3.63, 3.8) is 0 Å². The molecule has 212 valence electrons. The van der Waals surface area contributed by atoms with Crippen LogP contribution in [-0.4, -0.2) is 46.4 Å². The van der Waals surface area contributed by atoms with Crippen LogP contribution in [0.3, 0.4) is 0 Å². The van der Waals surface area contributed by atoms with E-state index in [1.165, 1.54) is 12.0 Å². The van der Waals surface area contributed by atoms with Crippen molar-refractivity contribution in [2.24, 2.45) is 0 Å². The second-order valence-electron chi connectivity index (χ2n) is 8.68. The fourth-order valence-electron chi connectivity index (χ4n) is 4.12. The van der Waals surface area contributed by atoms with Gasteiger partial charge in [-0.05, 0) is 52.0 Å². The fraction of sp³-hybridized carbons (Fsp3) is 0.375. The maximum absolute atomic E-state index is 5.56. The topological polar surface area (TPSA) is 88.5 Å². The molecule has 2 atom stereocenters. The Hall–Kier alpha value is -4.20. The van der Waals surface area contributed by atoms with Gasteiger partial charge in [-0.3, -0.25) is 0 Å². The molecule has 2 aromatic heterocycles. The van der Waals surface area contributed by atoms with Crippen molar-refractivity contribution < 1.29 is 18.9 Å². The summed E-state index contributed by atoms with van der Waals surface area (Å²) in [5.41, 5.74) is 2.41. The Balaban J connectivity index is 0.000000204. The lowest BCUT2D eigenvalue weighted by Crippen LogP contribution is -2.23. The first-order chi connectivity index (χ1) is 19.7. The second kappa shape index (κ2) is 17.4. The van der Waals surface area contributed by atoms with Crippen molar-refractivity contribution >= 4 is 0 Å². The van der Waals surface area contributed by atoms with Gasteiger partial charge in [0.2, 0.25) is 11.8 Å². The standard InChI is InChI=1S/C18H22N2O2.C8H12N2O2.C6H6/c1-3-21-17-12-16(19-18(20-17)22-4-2)15-11-10-14(15)13-8-6-5-7-9-13;1-3-11-7-5-6-9-8(10-7)12-4-2;1-2-4-6-5-3-1/h5-9,12,14-15H,3-4,10-11H2,1-2H3;5-6H,3-4H2,1-2H3;1-6H/t14-,15-;;/m0../s1. The van der Waals surface area contributed by atoms with Gasteiger partial charge in [-0.2, -0.15) is 15.0 Å². The molecule has 40 heavy (non-hydrogen) atoms. The van der Waals surface area contributed by atoms with E-state index in [2.05, 4.69) is 50.3 Å². The van der Waals surface area contributed by atoms with Gasteiger partial charge in [0.1, 0.15) is 0 Å². The predicted molar refractivity (Wildman–Crippen MR) is 156 cm³/mol. The van der Waals surface area contributed by atoms with Crippen LogP contribution in [0.2, 0.25) is 0 Å². The van der Waals surface area contributed by atoms with Crippen molar-refractivity contribution in [2.75, 3.05) is 26.4 Å². The van der Waals surface area contributed by atoms with Crippen LogP contribution in [-0.2, 0) is 0 Å². The molecule has 0 amide bonds. The van der Waals surface area contributed by atoms with Crippen molar-refractivity contribution in [1.82, 2.24) is 19.9 Å². The molecule has 1 fully saturated rings. The molecule has 0 saturated heterocycles. The SMILES string of the molecule is CCOc1cc([C@H]2CC[C@H]2c2ccccc2)nc(OCC)n1.CCOc1ccnc(OCC)n1.c1ccccc1. The van der Waals surface area contributed by atoms with Crippen LogP contribution < -0.4 is 18.9 Å². The summed E-state index contributed by atoms with van der Waals surface area (Å²) >= 11 is 0. The molecule has 1 aliphatic rings. The molecule has 8 nitrogen and oxygen atoms in total. The van der Waals surface area contributed by atoms with Crippen LogP contribution in [0.25, 0.3) is 0 Å². The molecule has 5 rings (SSSR count).